The van der Waals surface area contributed by atoms with Crippen LogP contribution in [-0.2, 0) is 11.2 Å². The van der Waals surface area contributed by atoms with Crippen molar-refractivity contribution < 1.29 is 4.74 Å². The molecular formula is C17H29NO. The summed E-state index contributed by atoms with van der Waals surface area (Å²) in [6, 6.07) is 9.13. The largest absolute Gasteiger partial charge is 0.377 e. The highest BCUT2D eigenvalue weighted by Crippen LogP contribution is 2.26. The van der Waals surface area contributed by atoms with Crippen molar-refractivity contribution in [3.05, 3.63) is 35.4 Å². The molecule has 108 valence electrons. The Kier molecular flexibility index (Phi) is 6.53. The summed E-state index contributed by atoms with van der Waals surface area (Å²) in [6.45, 7) is 9.71. The van der Waals surface area contributed by atoms with Gasteiger partial charge in [0.2, 0.25) is 0 Å². The van der Waals surface area contributed by atoms with E-state index >= 15 is 0 Å². The number of nitrogens with one attached hydrogen (secondary N) is 1. The first-order chi connectivity index (χ1) is 9.11. The minimum Gasteiger partial charge on any atom is -0.377 e. The number of likely N-dealkylation sites (N-methyl/N-ethyl adjacent to an activating group) is 1. The van der Waals surface area contributed by atoms with Crippen LogP contribution in [-0.4, -0.2) is 25.3 Å². The highest BCUT2D eigenvalue weighted by atomic mass is 16.5. The molecule has 0 amide bonds. The first kappa shape index (κ1) is 16.2. The predicted octanol–water partition coefficient (Wildman–Crippen LogP) is 3.72. The average molecular weight is 263 g/mol. The molecule has 0 spiro atoms. The normalized spacial score (nSPS) is 13.5. The zero-order valence-electron chi connectivity index (χ0n) is 13.1. The second-order valence-corrected chi connectivity index (χ2v) is 5.28. The van der Waals surface area contributed by atoms with Crippen LogP contribution in [0.2, 0.25) is 0 Å². The summed E-state index contributed by atoms with van der Waals surface area (Å²) in [6.07, 6.45) is 3.08. The summed E-state index contributed by atoms with van der Waals surface area (Å²) in [7, 11) is 1.84. The monoisotopic (exact) mass is 263 g/mol. The molecule has 0 aliphatic carbocycles. The average Bonchev–Trinajstić information content (AvgIpc) is 2.41. The van der Waals surface area contributed by atoms with E-state index in [9.17, 15) is 0 Å². The van der Waals surface area contributed by atoms with Gasteiger partial charge in [-0.2, -0.15) is 0 Å². The van der Waals surface area contributed by atoms with E-state index in [-0.39, 0.29) is 5.60 Å². The smallest absolute Gasteiger partial charge is 0.0828 e. The quantitative estimate of drug-likeness (QED) is 0.772. The van der Waals surface area contributed by atoms with Gasteiger partial charge in [0.1, 0.15) is 0 Å². The molecule has 0 aromatic heterocycles. The second-order valence-electron chi connectivity index (χ2n) is 5.28. The van der Waals surface area contributed by atoms with Crippen LogP contribution < -0.4 is 5.32 Å². The number of ether oxygens (including phenoxy) is 1. The topological polar surface area (TPSA) is 21.3 Å². The van der Waals surface area contributed by atoms with E-state index in [0.717, 1.165) is 25.8 Å². The number of rotatable bonds is 8. The second kappa shape index (κ2) is 7.66. The Morgan fingerprint density at radius 3 is 2.37 bits per heavy atom. The number of hydrogen-bond donors (Lipinski definition) is 1. The lowest BCUT2D eigenvalue weighted by Crippen LogP contribution is -2.52. The highest BCUT2D eigenvalue weighted by molar-refractivity contribution is 5.23. The van der Waals surface area contributed by atoms with Crippen LogP contribution in [0.4, 0.5) is 0 Å². The molecule has 0 radical (unpaired) electrons. The predicted molar refractivity (Wildman–Crippen MR) is 82.7 cm³/mol. The van der Waals surface area contributed by atoms with Gasteiger partial charge < -0.3 is 10.1 Å². The standard InChI is InChI=1S/C17H29NO/c1-6-17(7-2,19-5)16(18-8-3)13-15-11-9-10-14(4)12-15/h9-12,16,18H,6-8,13H2,1-5H3. The summed E-state index contributed by atoms with van der Waals surface area (Å²) in [4.78, 5) is 0. The number of methoxy groups -OCH3 is 1. The molecule has 19 heavy (non-hydrogen) atoms. The molecule has 0 bridgehead atoms. The molecule has 0 saturated carbocycles. The maximum atomic E-state index is 5.89. The van der Waals surface area contributed by atoms with Gasteiger partial charge in [0.15, 0.2) is 0 Å². The number of benzene rings is 1. The molecule has 0 saturated heterocycles. The van der Waals surface area contributed by atoms with Crippen molar-refractivity contribution in [1.29, 1.82) is 0 Å². The summed E-state index contributed by atoms with van der Waals surface area (Å²) < 4.78 is 5.89. The molecular weight excluding hydrogens is 234 g/mol. The van der Waals surface area contributed by atoms with Crippen LogP contribution in [0.5, 0.6) is 0 Å². The van der Waals surface area contributed by atoms with Gasteiger partial charge in [-0.15, -0.1) is 0 Å². The van der Waals surface area contributed by atoms with E-state index in [4.69, 9.17) is 4.74 Å². The fourth-order valence-corrected chi connectivity index (χ4v) is 2.94. The minimum atomic E-state index is -0.0697. The lowest BCUT2D eigenvalue weighted by molar-refractivity contribution is -0.0468. The Morgan fingerprint density at radius 2 is 1.89 bits per heavy atom. The fraction of sp³-hybridized carbons (Fsp3) is 0.647. The molecule has 2 heteroatoms. The van der Waals surface area contributed by atoms with E-state index in [1.807, 2.05) is 7.11 Å². The molecule has 1 N–H and O–H groups in total. The molecule has 0 aliphatic heterocycles. The van der Waals surface area contributed by atoms with Gasteiger partial charge >= 0.3 is 0 Å². The van der Waals surface area contributed by atoms with E-state index in [2.05, 4.69) is 57.3 Å². The van der Waals surface area contributed by atoms with Crippen molar-refractivity contribution >= 4 is 0 Å². The maximum absolute atomic E-state index is 5.89. The minimum absolute atomic E-state index is 0.0697. The van der Waals surface area contributed by atoms with Gasteiger partial charge in [-0.3, -0.25) is 0 Å². The van der Waals surface area contributed by atoms with Crippen LogP contribution in [0.3, 0.4) is 0 Å². The lowest BCUT2D eigenvalue weighted by atomic mass is 9.84. The number of hydrogen-bond acceptors (Lipinski definition) is 2. The van der Waals surface area contributed by atoms with Crippen LogP contribution >= 0.6 is 0 Å². The van der Waals surface area contributed by atoms with Crippen LogP contribution in [0.1, 0.15) is 44.7 Å². The first-order valence-corrected chi connectivity index (χ1v) is 7.45. The van der Waals surface area contributed by atoms with Gasteiger partial charge in [0, 0.05) is 13.2 Å². The molecule has 1 rings (SSSR count). The number of aryl methyl sites for hydroxylation is 1. The first-order valence-electron chi connectivity index (χ1n) is 7.45. The third-order valence-corrected chi connectivity index (χ3v) is 4.21. The zero-order valence-corrected chi connectivity index (χ0v) is 13.1. The lowest BCUT2D eigenvalue weighted by Gasteiger charge is -2.39. The van der Waals surface area contributed by atoms with E-state index in [1.54, 1.807) is 0 Å². The van der Waals surface area contributed by atoms with Gasteiger partial charge in [-0.1, -0.05) is 50.6 Å². The summed E-state index contributed by atoms with van der Waals surface area (Å²) >= 11 is 0. The molecule has 1 aromatic rings. The van der Waals surface area contributed by atoms with E-state index < -0.39 is 0 Å². The molecule has 1 atom stereocenters. The van der Waals surface area contributed by atoms with Gasteiger partial charge in [0.05, 0.1) is 5.60 Å². The summed E-state index contributed by atoms with van der Waals surface area (Å²) in [5.74, 6) is 0. The van der Waals surface area contributed by atoms with E-state index in [0.29, 0.717) is 6.04 Å². The molecule has 2 nitrogen and oxygen atoms in total. The molecule has 1 aromatic carbocycles. The van der Waals surface area contributed by atoms with Crippen LogP contribution in [0, 0.1) is 6.92 Å². The van der Waals surface area contributed by atoms with Crippen molar-refractivity contribution in [2.24, 2.45) is 0 Å². The summed E-state index contributed by atoms with van der Waals surface area (Å²) in [5, 5.41) is 3.62. The zero-order chi connectivity index (χ0) is 14.3. The van der Waals surface area contributed by atoms with Crippen molar-refractivity contribution in [3.8, 4) is 0 Å². The Labute approximate surface area is 118 Å². The molecule has 1 unspecified atom stereocenters. The van der Waals surface area contributed by atoms with Gasteiger partial charge in [-0.25, -0.2) is 0 Å². The molecule has 0 heterocycles. The van der Waals surface area contributed by atoms with Crippen molar-refractivity contribution in [2.45, 2.75) is 58.6 Å². The van der Waals surface area contributed by atoms with E-state index in [1.165, 1.54) is 11.1 Å². The third-order valence-electron chi connectivity index (χ3n) is 4.21. The fourth-order valence-electron chi connectivity index (χ4n) is 2.94. The third kappa shape index (κ3) is 4.05. The van der Waals surface area contributed by atoms with Crippen molar-refractivity contribution in [2.75, 3.05) is 13.7 Å². The van der Waals surface area contributed by atoms with Crippen molar-refractivity contribution in [3.63, 3.8) is 0 Å². The van der Waals surface area contributed by atoms with Gasteiger partial charge in [0.25, 0.3) is 0 Å². The SMILES string of the molecule is CCNC(Cc1cccc(C)c1)C(CC)(CC)OC. The highest BCUT2D eigenvalue weighted by Gasteiger charge is 2.35. The van der Waals surface area contributed by atoms with Crippen LogP contribution in [0.15, 0.2) is 24.3 Å². The molecule has 0 fully saturated rings. The summed E-state index contributed by atoms with van der Waals surface area (Å²) in [5.41, 5.74) is 2.64. The molecule has 0 aliphatic rings. The Morgan fingerprint density at radius 1 is 1.21 bits per heavy atom. The Bertz CT molecular complexity index is 363. The van der Waals surface area contributed by atoms with Crippen molar-refractivity contribution in [1.82, 2.24) is 5.32 Å². The maximum Gasteiger partial charge on any atom is 0.0828 e. The van der Waals surface area contributed by atoms with Crippen LogP contribution in [0.25, 0.3) is 0 Å². The van der Waals surface area contributed by atoms with Gasteiger partial charge in [-0.05, 0) is 38.3 Å². The Hall–Kier alpha value is -0.860. The Balaban J connectivity index is 2.93.